The smallest absolute Gasteiger partial charge is 0.239 e. The highest BCUT2D eigenvalue weighted by atomic mass is 16.1. The van der Waals surface area contributed by atoms with E-state index in [0.29, 0.717) is 25.6 Å². The standard InChI is InChI=1S/C15H21N3O/c1-11(2)9-17-15(19)10-18-6-5-13-4-3-12(8-16)7-14(13)18/h3-7,11H,8-10,16H2,1-2H3,(H,17,19). The third-order valence-corrected chi connectivity index (χ3v) is 3.10. The first kappa shape index (κ1) is 13.6. The van der Waals surface area contributed by atoms with Gasteiger partial charge in [0, 0.05) is 24.8 Å². The number of benzene rings is 1. The molecule has 0 unspecified atom stereocenters. The van der Waals surface area contributed by atoms with E-state index in [0.717, 1.165) is 16.5 Å². The topological polar surface area (TPSA) is 60.0 Å². The molecule has 19 heavy (non-hydrogen) atoms. The predicted octanol–water partition coefficient (Wildman–Crippen LogP) is 1.87. The molecule has 1 heterocycles. The molecule has 102 valence electrons. The van der Waals surface area contributed by atoms with E-state index in [1.807, 2.05) is 35.0 Å². The van der Waals surface area contributed by atoms with Crippen LogP contribution in [-0.2, 0) is 17.9 Å². The SMILES string of the molecule is CC(C)CNC(=O)Cn1ccc2ccc(CN)cc21. The Morgan fingerprint density at radius 1 is 1.37 bits per heavy atom. The number of fused-ring (bicyclic) bond motifs is 1. The summed E-state index contributed by atoms with van der Waals surface area (Å²) in [6.45, 7) is 5.74. The van der Waals surface area contributed by atoms with Crippen LogP contribution >= 0.6 is 0 Å². The fourth-order valence-corrected chi connectivity index (χ4v) is 2.02. The average molecular weight is 259 g/mol. The van der Waals surface area contributed by atoms with Crippen LogP contribution in [0.4, 0.5) is 0 Å². The van der Waals surface area contributed by atoms with Gasteiger partial charge in [-0.3, -0.25) is 4.79 Å². The average Bonchev–Trinajstić information content (AvgIpc) is 2.79. The molecule has 4 nitrogen and oxygen atoms in total. The number of aromatic nitrogens is 1. The van der Waals surface area contributed by atoms with E-state index >= 15 is 0 Å². The highest BCUT2D eigenvalue weighted by molar-refractivity contribution is 5.83. The van der Waals surface area contributed by atoms with Crippen molar-refractivity contribution in [1.82, 2.24) is 9.88 Å². The predicted molar refractivity (Wildman–Crippen MR) is 77.7 cm³/mol. The Morgan fingerprint density at radius 3 is 2.84 bits per heavy atom. The van der Waals surface area contributed by atoms with Gasteiger partial charge < -0.3 is 15.6 Å². The molecule has 4 heteroatoms. The summed E-state index contributed by atoms with van der Waals surface area (Å²) in [7, 11) is 0. The molecule has 1 amide bonds. The molecule has 0 spiro atoms. The molecule has 1 aromatic carbocycles. The van der Waals surface area contributed by atoms with Gasteiger partial charge in [0.1, 0.15) is 6.54 Å². The minimum atomic E-state index is 0.0457. The summed E-state index contributed by atoms with van der Waals surface area (Å²) in [5, 5.41) is 4.06. The normalized spacial score (nSPS) is 11.2. The first-order chi connectivity index (χ1) is 9.10. The van der Waals surface area contributed by atoms with E-state index in [9.17, 15) is 4.79 Å². The van der Waals surface area contributed by atoms with Crippen LogP contribution in [0.5, 0.6) is 0 Å². The van der Waals surface area contributed by atoms with E-state index in [-0.39, 0.29) is 5.91 Å². The minimum Gasteiger partial charge on any atom is -0.354 e. The van der Waals surface area contributed by atoms with Crippen LogP contribution in [-0.4, -0.2) is 17.0 Å². The number of carbonyl (C=O) groups excluding carboxylic acids is 1. The van der Waals surface area contributed by atoms with E-state index in [1.54, 1.807) is 0 Å². The van der Waals surface area contributed by atoms with Crippen LogP contribution in [0.15, 0.2) is 30.5 Å². The van der Waals surface area contributed by atoms with Crippen molar-refractivity contribution < 1.29 is 4.79 Å². The van der Waals surface area contributed by atoms with Crippen molar-refractivity contribution in [3.05, 3.63) is 36.0 Å². The zero-order chi connectivity index (χ0) is 13.8. The van der Waals surface area contributed by atoms with Gasteiger partial charge in [0.05, 0.1) is 0 Å². The Bertz CT molecular complexity index is 572. The number of amides is 1. The van der Waals surface area contributed by atoms with Crippen molar-refractivity contribution in [1.29, 1.82) is 0 Å². The highest BCUT2D eigenvalue weighted by Crippen LogP contribution is 2.17. The minimum absolute atomic E-state index is 0.0457. The fourth-order valence-electron chi connectivity index (χ4n) is 2.02. The summed E-state index contributed by atoms with van der Waals surface area (Å²) >= 11 is 0. The second-order valence-corrected chi connectivity index (χ2v) is 5.24. The summed E-state index contributed by atoms with van der Waals surface area (Å²) in [4.78, 5) is 11.9. The number of nitrogens with zero attached hydrogens (tertiary/aromatic N) is 1. The molecule has 0 aliphatic carbocycles. The molecule has 0 saturated heterocycles. The molecule has 0 saturated carbocycles. The molecule has 0 atom stereocenters. The van der Waals surface area contributed by atoms with Gasteiger partial charge in [0.25, 0.3) is 0 Å². The Hall–Kier alpha value is -1.81. The zero-order valence-electron chi connectivity index (χ0n) is 11.5. The number of nitrogens with one attached hydrogen (secondary N) is 1. The summed E-state index contributed by atoms with van der Waals surface area (Å²) < 4.78 is 1.96. The van der Waals surface area contributed by atoms with Crippen molar-refractivity contribution in [3.8, 4) is 0 Å². The number of carbonyl (C=O) groups is 1. The van der Waals surface area contributed by atoms with Crippen LogP contribution < -0.4 is 11.1 Å². The van der Waals surface area contributed by atoms with Gasteiger partial charge in [-0.25, -0.2) is 0 Å². The van der Waals surface area contributed by atoms with Gasteiger partial charge in [-0.2, -0.15) is 0 Å². The number of rotatable bonds is 5. The lowest BCUT2D eigenvalue weighted by molar-refractivity contribution is -0.121. The second kappa shape index (κ2) is 5.89. The Balaban J connectivity index is 2.14. The Morgan fingerprint density at radius 2 is 2.16 bits per heavy atom. The van der Waals surface area contributed by atoms with Crippen molar-refractivity contribution in [2.24, 2.45) is 11.7 Å². The third-order valence-electron chi connectivity index (χ3n) is 3.10. The van der Waals surface area contributed by atoms with Crippen LogP contribution in [0.25, 0.3) is 10.9 Å². The van der Waals surface area contributed by atoms with Crippen molar-refractivity contribution in [3.63, 3.8) is 0 Å². The maximum absolute atomic E-state index is 11.9. The fraction of sp³-hybridized carbons (Fsp3) is 0.400. The molecule has 0 aliphatic rings. The van der Waals surface area contributed by atoms with Crippen LogP contribution in [0.2, 0.25) is 0 Å². The van der Waals surface area contributed by atoms with E-state index in [2.05, 4.69) is 19.2 Å². The summed E-state index contributed by atoms with van der Waals surface area (Å²) in [5.41, 5.74) is 7.79. The monoisotopic (exact) mass is 259 g/mol. The Kier molecular flexibility index (Phi) is 4.22. The van der Waals surface area contributed by atoms with Gasteiger partial charge in [-0.05, 0) is 29.0 Å². The van der Waals surface area contributed by atoms with Crippen molar-refractivity contribution in [2.45, 2.75) is 26.9 Å². The van der Waals surface area contributed by atoms with Crippen molar-refractivity contribution in [2.75, 3.05) is 6.54 Å². The molecule has 0 bridgehead atoms. The quantitative estimate of drug-likeness (QED) is 0.861. The van der Waals surface area contributed by atoms with Crippen LogP contribution in [0, 0.1) is 5.92 Å². The molecule has 0 fully saturated rings. The highest BCUT2D eigenvalue weighted by Gasteiger charge is 2.07. The molecule has 0 radical (unpaired) electrons. The van der Waals surface area contributed by atoms with Gasteiger partial charge in [-0.15, -0.1) is 0 Å². The first-order valence-corrected chi connectivity index (χ1v) is 6.64. The lowest BCUT2D eigenvalue weighted by Gasteiger charge is -2.09. The first-order valence-electron chi connectivity index (χ1n) is 6.64. The van der Waals surface area contributed by atoms with Gasteiger partial charge >= 0.3 is 0 Å². The number of hydrogen-bond donors (Lipinski definition) is 2. The number of hydrogen-bond acceptors (Lipinski definition) is 2. The lowest BCUT2D eigenvalue weighted by Crippen LogP contribution is -2.30. The van der Waals surface area contributed by atoms with Gasteiger partial charge in [-0.1, -0.05) is 26.0 Å². The molecule has 2 aromatic rings. The lowest BCUT2D eigenvalue weighted by atomic mass is 10.1. The second-order valence-electron chi connectivity index (χ2n) is 5.24. The summed E-state index contributed by atoms with van der Waals surface area (Å²) in [5.74, 6) is 0.513. The zero-order valence-corrected chi connectivity index (χ0v) is 11.5. The van der Waals surface area contributed by atoms with E-state index in [1.165, 1.54) is 0 Å². The Labute approximate surface area is 113 Å². The summed E-state index contributed by atoms with van der Waals surface area (Å²) in [6.07, 6.45) is 1.94. The van der Waals surface area contributed by atoms with Crippen molar-refractivity contribution >= 4 is 16.8 Å². The molecular formula is C15H21N3O. The largest absolute Gasteiger partial charge is 0.354 e. The molecule has 1 aromatic heterocycles. The maximum Gasteiger partial charge on any atom is 0.239 e. The van der Waals surface area contributed by atoms with Crippen LogP contribution in [0.3, 0.4) is 0 Å². The third kappa shape index (κ3) is 3.35. The molecule has 2 rings (SSSR count). The van der Waals surface area contributed by atoms with Gasteiger partial charge in [0.2, 0.25) is 5.91 Å². The molecule has 0 aliphatic heterocycles. The maximum atomic E-state index is 11.9. The number of nitrogens with two attached hydrogens (primary N) is 1. The van der Waals surface area contributed by atoms with Gasteiger partial charge in [0.15, 0.2) is 0 Å². The summed E-state index contributed by atoms with van der Waals surface area (Å²) in [6, 6.07) is 8.13. The van der Waals surface area contributed by atoms with Crippen LogP contribution in [0.1, 0.15) is 19.4 Å². The van der Waals surface area contributed by atoms with E-state index in [4.69, 9.17) is 5.73 Å². The molecule has 3 N–H and O–H groups in total. The molecular weight excluding hydrogens is 238 g/mol. The van der Waals surface area contributed by atoms with E-state index < -0.39 is 0 Å².